The molecular formula is C19H23N5. The first-order chi connectivity index (χ1) is 11.7. The highest BCUT2D eigenvalue weighted by Crippen LogP contribution is 2.24. The highest BCUT2D eigenvalue weighted by atomic mass is 15.3. The minimum atomic E-state index is 0.504. The van der Waals surface area contributed by atoms with Crippen molar-refractivity contribution < 1.29 is 0 Å². The van der Waals surface area contributed by atoms with E-state index in [9.17, 15) is 0 Å². The van der Waals surface area contributed by atoms with E-state index >= 15 is 0 Å². The van der Waals surface area contributed by atoms with Gasteiger partial charge >= 0.3 is 0 Å². The Morgan fingerprint density at radius 2 is 2.00 bits per heavy atom. The zero-order valence-electron chi connectivity index (χ0n) is 14.3. The third-order valence-corrected chi connectivity index (χ3v) is 4.78. The Kier molecular flexibility index (Phi) is 3.94. The van der Waals surface area contributed by atoms with Crippen LogP contribution < -0.4 is 0 Å². The van der Waals surface area contributed by atoms with E-state index in [2.05, 4.69) is 63.8 Å². The SMILES string of the molecule is Cc1cc(C)n([C@@H]2CCN(Cc3ccc(-n4ccnc4)cc3)C2)n1. The van der Waals surface area contributed by atoms with E-state index in [-0.39, 0.29) is 0 Å². The zero-order valence-corrected chi connectivity index (χ0v) is 14.3. The molecule has 0 saturated carbocycles. The molecule has 0 amide bonds. The molecule has 5 nitrogen and oxygen atoms in total. The Labute approximate surface area is 142 Å². The van der Waals surface area contributed by atoms with Crippen molar-refractivity contribution in [2.45, 2.75) is 32.9 Å². The largest absolute Gasteiger partial charge is 0.306 e. The van der Waals surface area contributed by atoms with E-state index in [4.69, 9.17) is 0 Å². The molecule has 3 aromatic rings. The van der Waals surface area contributed by atoms with Gasteiger partial charge in [-0.05, 0) is 44.0 Å². The van der Waals surface area contributed by atoms with Crippen LogP contribution in [-0.4, -0.2) is 37.3 Å². The van der Waals surface area contributed by atoms with Gasteiger partial charge in [0.1, 0.15) is 0 Å². The third-order valence-electron chi connectivity index (χ3n) is 4.78. The van der Waals surface area contributed by atoms with Crippen molar-refractivity contribution in [3.63, 3.8) is 0 Å². The number of hydrogen-bond donors (Lipinski definition) is 0. The molecule has 0 unspecified atom stereocenters. The lowest BCUT2D eigenvalue weighted by atomic mass is 10.2. The molecule has 5 heteroatoms. The number of benzene rings is 1. The van der Waals surface area contributed by atoms with Gasteiger partial charge in [-0.2, -0.15) is 5.10 Å². The highest BCUT2D eigenvalue weighted by Gasteiger charge is 2.25. The molecule has 24 heavy (non-hydrogen) atoms. The van der Waals surface area contributed by atoms with Crippen LogP contribution in [0.5, 0.6) is 0 Å². The summed E-state index contributed by atoms with van der Waals surface area (Å²) in [7, 11) is 0. The van der Waals surface area contributed by atoms with Gasteiger partial charge in [0.2, 0.25) is 0 Å². The van der Waals surface area contributed by atoms with Crippen LogP contribution in [0.4, 0.5) is 0 Å². The van der Waals surface area contributed by atoms with Gasteiger partial charge in [-0.25, -0.2) is 4.98 Å². The summed E-state index contributed by atoms with van der Waals surface area (Å²) in [5.74, 6) is 0. The lowest BCUT2D eigenvalue weighted by molar-refractivity contribution is 0.310. The van der Waals surface area contributed by atoms with E-state index in [1.54, 1.807) is 6.20 Å². The second-order valence-corrected chi connectivity index (χ2v) is 6.69. The molecule has 3 heterocycles. The first kappa shape index (κ1) is 15.1. The van der Waals surface area contributed by atoms with Crippen molar-refractivity contribution in [2.75, 3.05) is 13.1 Å². The Bertz CT molecular complexity index is 801. The molecule has 1 aliphatic rings. The molecule has 1 aliphatic heterocycles. The van der Waals surface area contributed by atoms with Crippen LogP contribution in [-0.2, 0) is 6.54 Å². The lowest BCUT2D eigenvalue weighted by Crippen LogP contribution is -2.22. The summed E-state index contributed by atoms with van der Waals surface area (Å²) in [4.78, 5) is 6.62. The van der Waals surface area contributed by atoms with Crippen molar-refractivity contribution in [2.24, 2.45) is 0 Å². The van der Waals surface area contributed by atoms with Crippen LogP contribution in [0.1, 0.15) is 29.4 Å². The Hall–Kier alpha value is -2.40. The second-order valence-electron chi connectivity index (χ2n) is 6.69. The van der Waals surface area contributed by atoms with E-state index in [1.165, 1.54) is 17.7 Å². The number of imidazole rings is 1. The standard InChI is InChI=1S/C19H23N5/c1-15-11-16(2)24(21-15)19-7-9-22(13-19)12-17-3-5-18(6-4-17)23-10-8-20-14-23/h3-6,8,10-11,14,19H,7,9,12-13H2,1-2H3/t19-/m1/s1. The summed E-state index contributed by atoms with van der Waals surface area (Å²) in [5.41, 5.74) is 4.89. The number of aryl methyl sites for hydroxylation is 2. The summed E-state index contributed by atoms with van der Waals surface area (Å²) in [6.45, 7) is 7.42. The fourth-order valence-corrected chi connectivity index (χ4v) is 3.61. The summed E-state index contributed by atoms with van der Waals surface area (Å²) in [6, 6.07) is 11.4. The molecule has 0 bridgehead atoms. The maximum absolute atomic E-state index is 4.66. The first-order valence-corrected chi connectivity index (χ1v) is 8.51. The summed E-state index contributed by atoms with van der Waals surface area (Å²) >= 11 is 0. The van der Waals surface area contributed by atoms with Gasteiger partial charge in [0.15, 0.2) is 0 Å². The topological polar surface area (TPSA) is 38.9 Å². The van der Waals surface area contributed by atoms with E-state index < -0.39 is 0 Å². The van der Waals surface area contributed by atoms with Gasteiger partial charge in [-0.3, -0.25) is 9.58 Å². The van der Waals surface area contributed by atoms with Crippen LogP contribution in [0, 0.1) is 13.8 Å². The van der Waals surface area contributed by atoms with Gasteiger partial charge in [-0.1, -0.05) is 12.1 Å². The number of nitrogens with zero attached hydrogens (tertiary/aromatic N) is 5. The van der Waals surface area contributed by atoms with Crippen molar-refractivity contribution in [1.82, 2.24) is 24.2 Å². The van der Waals surface area contributed by atoms with E-state index in [1.807, 2.05) is 17.1 Å². The molecule has 1 aromatic carbocycles. The van der Waals surface area contributed by atoms with E-state index in [0.717, 1.165) is 31.0 Å². The quantitative estimate of drug-likeness (QED) is 0.741. The van der Waals surface area contributed by atoms with Gasteiger partial charge in [-0.15, -0.1) is 0 Å². The Balaban J connectivity index is 1.40. The van der Waals surface area contributed by atoms with Crippen LogP contribution >= 0.6 is 0 Å². The monoisotopic (exact) mass is 321 g/mol. The number of hydrogen-bond acceptors (Lipinski definition) is 3. The van der Waals surface area contributed by atoms with E-state index in [0.29, 0.717) is 6.04 Å². The molecule has 0 aliphatic carbocycles. The second kappa shape index (κ2) is 6.24. The molecule has 1 saturated heterocycles. The summed E-state index contributed by atoms with van der Waals surface area (Å²) in [6.07, 6.45) is 6.77. The first-order valence-electron chi connectivity index (χ1n) is 8.51. The zero-order chi connectivity index (χ0) is 16.5. The Morgan fingerprint density at radius 3 is 2.67 bits per heavy atom. The average Bonchev–Trinajstić information content (AvgIpc) is 3.30. The average molecular weight is 321 g/mol. The summed E-state index contributed by atoms with van der Waals surface area (Å²) < 4.78 is 4.23. The molecule has 4 rings (SSSR count). The van der Waals surface area contributed by atoms with Crippen molar-refractivity contribution >= 4 is 0 Å². The van der Waals surface area contributed by atoms with Crippen LogP contribution in [0.3, 0.4) is 0 Å². The fraction of sp³-hybridized carbons (Fsp3) is 0.368. The normalized spacial score (nSPS) is 18.3. The maximum atomic E-state index is 4.66. The molecule has 1 atom stereocenters. The van der Waals surface area contributed by atoms with Gasteiger partial charge < -0.3 is 4.57 Å². The molecule has 0 spiro atoms. The van der Waals surface area contributed by atoms with Crippen molar-refractivity contribution in [3.8, 4) is 5.69 Å². The molecule has 2 aromatic heterocycles. The summed E-state index contributed by atoms with van der Waals surface area (Å²) in [5, 5.41) is 4.66. The van der Waals surface area contributed by atoms with Gasteiger partial charge in [0.05, 0.1) is 18.1 Å². The maximum Gasteiger partial charge on any atom is 0.0991 e. The molecule has 0 radical (unpaired) electrons. The van der Waals surface area contributed by atoms with Gasteiger partial charge in [0, 0.05) is 43.4 Å². The number of likely N-dealkylation sites (tertiary alicyclic amines) is 1. The predicted molar refractivity (Wildman–Crippen MR) is 94.2 cm³/mol. The predicted octanol–water partition coefficient (Wildman–Crippen LogP) is 3.13. The number of rotatable bonds is 4. The van der Waals surface area contributed by atoms with Crippen molar-refractivity contribution in [1.29, 1.82) is 0 Å². The lowest BCUT2D eigenvalue weighted by Gasteiger charge is -2.17. The third kappa shape index (κ3) is 2.99. The molecule has 124 valence electrons. The Morgan fingerprint density at radius 1 is 1.17 bits per heavy atom. The minimum Gasteiger partial charge on any atom is -0.306 e. The van der Waals surface area contributed by atoms with Crippen LogP contribution in [0.2, 0.25) is 0 Å². The molecule has 1 fully saturated rings. The molecular weight excluding hydrogens is 298 g/mol. The molecule has 0 N–H and O–H groups in total. The fourth-order valence-electron chi connectivity index (χ4n) is 3.61. The minimum absolute atomic E-state index is 0.504. The smallest absolute Gasteiger partial charge is 0.0991 e. The number of aromatic nitrogens is 4. The van der Waals surface area contributed by atoms with Crippen LogP contribution in [0.15, 0.2) is 49.1 Å². The highest BCUT2D eigenvalue weighted by molar-refractivity contribution is 5.34. The van der Waals surface area contributed by atoms with Crippen molar-refractivity contribution in [3.05, 3.63) is 66.0 Å². The van der Waals surface area contributed by atoms with Crippen LogP contribution in [0.25, 0.3) is 5.69 Å². The van der Waals surface area contributed by atoms with Gasteiger partial charge in [0.25, 0.3) is 0 Å².